The summed E-state index contributed by atoms with van der Waals surface area (Å²) >= 11 is 0. The molecule has 0 bridgehead atoms. The van der Waals surface area contributed by atoms with Crippen LogP contribution in [0.15, 0.2) is 11.6 Å². The first-order chi connectivity index (χ1) is 7.63. The number of hydrogen-bond acceptors (Lipinski definition) is 3. The fourth-order valence-corrected chi connectivity index (χ4v) is 2.58. The fraction of sp³-hybridized carbons (Fsp3) is 0.667. The number of rotatable bonds is 2. The predicted octanol–water partition coefficient (Wildman–Crippen LogP) is 0.832. The summed E-state index contributed by atoms with van der Waals surface area (Å²) in [6.07, 6.45) is 5.37. The van der Waals surface area contributed by atoms with E-state index >= 15 is 0 Å². The highest BCUT2D eigenvalue weighted by atomic mass is 16.2. The van der Waals surface area contributed by atoms with Crippen LogP contribution in [0.5, 0.6) is 0 Å². The minimum Gasteiger partial charge on any atom is -0.317 e. The van der Waals surface area contributed by atoms with Crippen LogP contribution >= 0.6 is 0 Å². The van der Waals surface area contributed by atoms with E-state index in [2.05, 4.69) is 5.32 Å². The van der Waals surface area contributed by atoms with Crippen molar-refractivity contribution in [3.63, 3.8) is 0 Å². The van der Waals surface area contributed by atoms with Gasteiger partial charge in [-0.3, -0.25) is 14.5 Å². The molecule has 2 amide bonds. The number of amides is 2. The van der Waals surface area contributed by atoms with Gasteiger partial charge in [0.25, 0.3) is 11.8 Å². The van der Waals surface area contributed by atoms with E-state index in [9.17, 15) is 9.59 Å². The average Bonchev–Trinajstić information content (AvgIpc) is 2.54. The van der Waals surface area contributed by atoms with Gasteiger partial charge in [0, 0.05) is 23.7 Å². The van der Waals surface area contributed by atoms with E-state index < -0.39 is 0 Å². The summed E-state index contributed by atoms with van der Waals surface area (Å²) in [4.78, 5) is 24.9. The van der Waals surface area contributed by atoms with Crippen LogP contribution in [0.3, 0.4) is 0 Å². The van der Waals surface area contributed by atoms with Crippen molar-refractivity contribution in [2.75, 3.05) is 7.05 Å². The van der Waals surface area contributed by atoms with E-state index in [1.807, 2.05) is 7.05 Å². The Morgan fingerprint density at radius 2 is 1.88 bits per heavy atom. The highest BCUT2D eigenvalue weighted by molar-refractivity contribution is 6.16. The SMILES string of the molecule is CNC1CCC(N2C(=O)C=C(C)C2=O)CC1. The summed E-state index contributed by atoms with van der Waals surface area (Å²) < 4.78 is 0. The second-order valence-corrected chi connectivity index (χ2v) is 4.63. The van der Waals surface area contributed by atoms with Gasteiger partial charge in [-0.25, -0.2) is 0 Å². The number of carbonyl (C=O) groups excluding carboxylic acids is 2. The third kappa shape index (κ3) is 1.89. The number of carbonyl (C=O) groups is 2. The van der Waals surface area contributed by atoms with Crippen molar-refractivity contribution in [2.45, 2.75) is 44.7 Å². The molecule has 16 heavy (non-hydrogen) atoms. The van der Waals surface area contributed by atoms with E-state index in [0.29, 0.717) is 11.6 Å². The molecule has 0 spiro atoms. The van der Waals surface area contributed by atoms with Crippen LogP contribution in [0.1, 0.15) is 32.6 Å². The van der Waals surface area contributed by atoms with Gasteiger partial charge in [-0.05, 0) is 39.7 Å². The third-order valence-corrected chi connectivity index (χ3v) is 3.60. The molecule has 4 nitrogen and oxygen atoms in total. The number of imide groups is 1. The van der Waals surface area contributed by atoms with Crippen molar-refractivity contribution < 1.29 is 9.59 Å². The Bertz CT molecular complexity index is 341. The summed E-state index contributed by atoms with van der Waals surface area (Å²) in [6, 6.07) is 0.649. The summed E-state index contributed by atoms with van der Waals surface area (Å²) in [6.45, 7) is 1.71. The largest absolute Gasteiger partial charge is 0.317 e. The third-order valence-electron chi connectivity index (χ3n) is 3.60. The first-order valence-corrected chi connectivity index (χ1v) is 5.86. The van der Waals surface area contributed by atoms with Crippen molar-refractivity contribution in [1.29, 1.82) is 0 Å². The van der Waals surface area contributed by atoms with E-state index in [0.717, 1.165) is 25.7 Å². The van der Waals surface area contributed by atoms with Crippen molar-refractivity contribution in [1.82, 2.24) is 10.2 Å². The minimum absolute atomic E-state index is 0.0992. The summed E-state index contributed by atoms with van der Waals surface area (Å²) in [7, 11) is 1.96. The first kappa shape index (κ1) is 11.3. The van der Waals surface area contributed by atoms with Crippen LogP contribution in [-0.4, -0.2) is 35.8 Å². The van der Waals surface area contributed by atoms with Crippen LogP contribution in [0.4, 0.5) is 0 Å². The van der Waals surface area contributed by atoms with E-state index in [4.69, 9.17) is 0 Å². The Labute approximate surface area is 95.7 Å². The molecule has 1 heterocycles. The molecule has 0 saturated heterocycles. The Morgan fingerprint density at radius 3 is 2.31 bits per heavy atom. The molecule has 1 N–H and O–H groups in total. The van der Waals surface area contributed by atoms with Gasteiger partial charge in [-0.15, -0.1) is 0 Å². The molecule has 0 unspecified atom stereocenters. The molecule has 1 fully saturated rings. The highest BCUT2D eigenvalue weighted by Crippen LogP contribution is 2.26. The van der Waals surface area contributed by atoms with Crippen molar-refractivity contribution in [3.05, 3.63) is 11.6 Å². The lowest BCUT2D eigenvalue weighted by atomic mass is 9.90. The molecule has 2 aliphatic rings. The smallest absolute Gasteiger partial charge is 0.256 e. The van der Waals surface area contributed by atoms with Gasteiger partial charge in [0.15, 0.2) is 0 Å². The Balaban J connectivity index is 2.00. The molecule has 0 aromatic rings. The van der Waals surface area contributed by atoms with Crippen molar-refractivity contribution >= 4 is 11.8 Å². The van der Waals surface area contributed by atoms with E-state index in [1.165, 1.54) is 11.0 Å². The fourth-order valence-electron chi connectivity index (χ4n) is 2.58. The lowest BCUT2D eigenvalue weighted by Crippen LogP contribution is -2.44. The molecule has 0 radical (unpaired) electrons. The second kappa shape index (κ2) is 4.37. The minimum atomic E-state index is -0.129. The zero-order valence-corrected chi connectivity index (χ0v) is 9.82. The van der Waals surface area contributed by atoms with Gasteiger partial charge in [-0.2, -0.15) is 0 Å². The Hall–Kier alpha value is -1.16. The molecule has 1 aliphatic carbocycles. The standard InChI is InChI=1S/C12H18N2O2/c1-8-7-11(15)14(12(8)16)10-5-3-9(13-2)4-6-10/h7,9-10,13H,3-6H2,1-2H3. The highest BCUT2D eigenvalue weighted by Gasteiger charge is 2.36. The molecular formula is C12H18N2O2. The summed E-state index contributed by atoms with van der Waals surface area (Å²) in [5.41, 5.74) is 0.570. The molecule has 4 heteroatoms. The molecule has 0 aromatic heterocycles. The molecule has 88 valence electrons. The lowest BCUT2D eigenvalue weighted by molar-refractivity contribution is -0.140. The van der Waals surface area contributed by atoms with Gasteiger partial charge in [0.2, 0.25) is 0 Å². The molecule has 0 aromatic carbocycles. The Morgan fingerprint density at radius 1 is 1.25 bits per heavy atom. The zero-order chi connectivity index (χ0) is 11.7. The van der Waals surface area contributed by atoms with Crippen molar-refractivity contribution in [2.24, 2.45) is 0 Å². The molecule has 2 rings (SSSR count). The Kier molecular flexibility index (Phi) is 3.10. The predicted molar refractivity (Wildman–Crippen MR) is 60.7 cm³/mol. The molecule has 1 saturated carbocycles. The van der Waals surface area contributed by atoms with Crippen LogP contribution in [0.2, 0.25) is 0 Å². The molecule has 0 atom stereocenters. The van der Waals surface area contributed by atoms with Gasteiger partial charge in [0.1, 0.15) is 0 Å². The van der Waals surface area contributed by atoms with Crippen LogP contribution in [0, 0.1) is 0 Å². The van der Waals surface area contributed by atoms with Crippen LogP contribution in [0.25, 0.3) is 0 Å². The maximum atomic E-state index is 11.8. The average molecular weight is 222 g/mol. The van der Waals surface area contributed by atoms with Crippen LogP contribution < -0.4 is 5.32 Å². The first-order valence-electron chi connectivity index (χ1n) is 5.86. The quantitative estimate of drug-likeness (QED) is 0.704. The molecule has 1 aliphatic heterocycles. The van der Waals surface area contributed by atoms with E-state index in [1.54, 1.807) is 6.92 Å². The van der Waals surface area contributed by atoms with Crippen molar-refractivity contribution in [3.8, 4) is 0 Å². The van der Waals surface area contributed by atoms with Gasteiger partial charge in [0.05, 0.1) is 0 Å². The number of nitrogens with one attached hydrogen (secondary N) is 1. The summed E-state index contributed by atoms with van der Waals surface area (Å²) in [5, 5.41) is 3.24. The number of hydrogen-bond donors (Lipinski definition) is 1. The second-order valence-electron chi connectivity index (χ2n) is 4.63. The summed E-state index contributed by atoms with van der Waals surface area (Å²) in [5.74, 6) is -0.228. The van der Waals surface area contributed by atoms with Crippen LogP contribution in [-0.2, 0) is 9.59 Å². The van der Waals surface area contributed by atoms with Gasteiger partial charge >= 0.3 is 0 Å². The van der Waals surface area contributed by atoms with Gasteiger partial charge < -0.3 is 5.32 Å². The van der Waals surface area contributed by atoms with E-state index in [-0.39, 0.29) is 17.9 Å². The maximum Gasteiger partial charge on any atom is 0.256 e. The monoisotopic (exact) mass is 222 g/mol. The normalized spacial score (nSPS) is 30.9. The topological polar surface area (TPSA) is 49.4 Å². The zero-order valence-electron chi connectivity index (χ0n) is 9.82. The van der Waals surface area contributed by atoms with Gasteiger partial charge in [-0.1, -0.05) is 0 Å². The lowest BCUT2D eigenvalue weighted by Gasteiger charge is -2.33. The number of nitrogens with zero attached hydrogens (tertiary/aromatic N) is 1. The maximum absolute atomic E-state index is 11.8. The molecular weight excluding hydrogens is 204 g/mol.